The Morgan fingerprint density at radius 2 is 1.43 bits per heavy atom. The zero-order valence-corrected chi connectivity index (χ0v) is 14.4. The molecule has 0 aliphatic rings. The first-order valence-corrected chi connectivity index (χ1v) is 7.91. The average molecular weight is 312 g/mol. The summed E-state index contributed by atoms with van der Waals surface area (Å²) in [6, 6.07) is 11.2. The summed E-state index contributed by atoms with van der Waals surface area (Å²) in [4.78, 5) is 26.0. The van der Waals surface area contributed by atoms with Crippen LogP contribution in [0.1, 0.15) is 38.1 Å². The number of rotatable bonds is 4. The molecule has 0 aliphatic heterocycles. The van der Waals surface area contributed by atoms with Gasteiger partial charge in [-0.15, -0.1) is 0 Å². The van der Waals surface area contributed by atoms with Gasteiger partial charge in [0.25, 0.3) is 5.91 Å². The minimum Gasteiger partial charge on any atom is -0.334 e. The molecule has 0 spiro atoms. The molecular weight excluding hydrogens is 288 g/mol. The number of carbonyl (C=O) groups excluding carboxylic acids is 1. The van der Waals surface area contributed by atoms with Gasteiger partial charge in [0.05, 0.1) is 0 Å². The van der Waals surface area contributed by atoms with Crippen molar-refractivity contribution in [2.24, 2.45) is 7.05 Å². The van der Waals surface area contributed by atoms with Crippen LogP contribution in [-0.2, 0) is 7.05 Å². The van der Waals surface area contributed by atoms with Crippen LogP contribution in [0.15, 0.2) is 47.4 Å². The highest BCUT2D eigenvalue weighted by atomic mass is 16.2. The number of pyridine rings is 1. The van der Waals surface area contributed by atoms with E-state index >= 15 is 0 Å². The van der Waals surface area contributed by atoms with Gasteiger partial charge in [-0.3, -0.25) is 9.59 Å². The molecule has 0 unspecified atom stereocenters. The van der Waals surface area contributed by atoms with Gasteiger partial charge in [-0.2, -0.15) is 0 Å². The number of hydrogen-bond acceptors (Lipinski definition) is 2. The van der Waals surface area contributed by atoms with E-state index in [9.17, 15) is 9.59 Å². The summed E-state index contributed by atoms with van der Waals surface area (Å²) in [6.45, 7) is 8.10. The van der Waals surface area contributed by atoms with E-state index in [1.807, 2.05) is 56.9 Å². The lowest BCUT2D eigenvalue weighted by molar-refractivity contribution is 0.0644. The summed E-state index contributed by atoms with van der Waals surface area (Å²) in [5.41, 5.74) is 2.58. The maximum absolute atomic E-state index is 12.7. The van der Waals surface area contributed by atoms with Gasteiger partial charge < -0.3 is 9.47 Å². The number of aromatic nitrogens is 1. The molecule has 0 bridgehead atoms. The molecule has 0 saturated heterocycles. The van der Waals surface area contributed by atoms with Crippen molar-refractivity contribution in [1.82, 2.24) is 9.47 Å². The van der Waals surface area contributed by atoms with Gasteiger partial charge in [0.2, 0.25) is 5.56 Å². The molecule has 4 heteroatoms. The van der Waals surface area contributed by atoms with Gasteiger partial charge in [-0.25, -0.2) is 0 Å². The van der Waals surface area contributed by atoms with Crippen molar-refractivity contribution >= 4 is 5.91 Å². The smallest absolute Gasteiger partial charge is 0.254 e. The van der Waals surface area contributed by atoms with E-state index in [0.29, 0.717) is 5.56 Å². The van der Waals surface area contributed by atoms with E-state index in [4.69, 9.17) is 0 Å². The number of amides is 1. The summed E-state index contributed by atoms with van der Waals surface area (Å²) >= 11 is 0. The Morgan fingerprint density at radius 1 is 0.913 bits per heavy atom. The summed E-state index contributed by atoms with van der Waals surface area (Å²) < 4.78 is 1.55. The van der Waals surface area contributed by atoms with Crippen molar-refractivity contribution in [3.05, 3.63) is 58.5 Å². The molecule has 4 nitrogen and oxygen atoms in total. The standard InChI is InChI=1S/C19H24N2O2/c1-13(2)21(14(3)4)19(23)16-8-6-15(7-9-16)17-10-11-18(22)20(5)12-17/h6-14H,1-5H3. The SMILES string of the molecule is CC(C)N(C(=O)c1ccc(-c2ccc(=O)n(C)c2)cc1)C(C)C. The van der Waals surface area contributed by atoms with Crippen LogP contribution in [-0.4, -0.2) is 27.5 Å². The molecule has 23 heavy (non-hydrogen) atoms. The predicted molar refractivity (Wildman–Crippen MR) is 93.6 cm³/mol. The Kier molecular flexibility index (Phi) is 5.04. The Morgan fingerprint density at radius 3 is 1.91 bits per heavy atom. The fourth-order valence-corrected chi connectivity index (χ4v) is 2.78. The number of nitrogens with zero attached hydrogens (tertiary/aromatic N) is 2. The second-order valence-corrected chi connectivity index (χ2v) is 6.34. The molecule has 1 aromatic heterocycles. The Bertz CT molecular complexity index is 735. The molecule has 1 amide bonds. The van der Waals surface area contributed by atoms with Crippen LogP contribution in [0.4, 0.5) is 0 Å². The van der Waals surface area contributed by atoms with Gasteiger partial charge in [0.15, 0.2) is 0 Å². The molecule has 2 aromatic rings. The van der Waals surface area contributed by atoms with Crippen LogP contribution in [0.5, 0.6) is 0 Å². The van der Waals surface area contributed by atoms with E-state index in [1.54, 1.807) is 29.9 Å². The highest BCUT2D eigenvalue weighted by Gasteiger charge is 2.21. The van der Waals surface area contributed by atoms with Crippen LogP contribution in [0, 0.1) is 0 Å². The van der Waals surface area contributed by atoms with Gasteiger partial charge in [0, 0.05) is 37.0 Å². The van der Waals surface area contributed by atoms with Gasteiger partial charge >= 0.3 is 0 Å². The van der Waals surface area contributed by atoms with E-state index < -0.39 is 0 Å². The quantitative estimate of drug-likeness (QED) is 0.869. The topological polar surface area (TPSA) is 42.3 Å². The zero-order valence-electron chi connectivity index (χ0n) is 14.4. The average Bonchev–Trinajstić information content (AvgIpc) is 2.49. The van der Waals surface area contributed by atoms with Gasteiger partial charge in [-0.1, -0.05) is 12.1 Å². The minimum atomic E-state index is -0.0370. The largest absolute Gasteiger partial charge is 0.334 e. The maximum atomic E-state index is 12.7. The van der Waals surface area contributed by atoms with E-state index in [1.165, 1.54) is 0 Å². The van der Waals surface area contributed by atoms with Crippen LogP contribution >= 0.6 is 0 Å². The van der Waals surface area contributed by atoms with Crippen LogP contribution in [0.25, 0.3) is 11.1 Å². The van der Waals surface area contributed by atoms with Crippen molar-refractivity contribution in [2.75, 3.05) is 0 Å². The van der Waals surface area contributed by atoms with E-state index in [2.05, 4.69) is 0 Å². The first-order valence-electron chi connectivity index (χ1n) is 7.91. The zero-order chi connectivity index (χ0) is 17.1. The third-order valence-corrected chi connectivity index (χ3v) is 3.90. The van der Waals surface area contributed by atoms with Crippen LogP contribution in [0.3, 0.4) is 0 Å². The fraction of sp³-hybridized carbons (Fsp3) is 0.368. The minimum absolute atomic E-state index is 0.0370. The number of carbonyl (C=O) groups is 1. The van der Waals surface area contributed by atoms with Crippen molar-refractivity contribution in [1.29, 1.82) is 0 Å². The van der Waals surface area contributed by atoms with Crippen LogP contribution < -0.4 is 5.56 Å². The third-order valence-electron chi connectivity index (χ3n) is 3.90. The highest BCUT2D eigenvalue weighted by Crippen LogP contribution is 2.20. The van der Waals surface area contributed by atoms with Crippen molar-refractivity contribution in [3.8, 4) is 11.1 Å². The monoisotopic (exact) mass is 312 g/mol. The summed E-state index contributed by atoms with van der Waals surface area (Å²) in [6.07, 6.45) is 1.80. The molecule has 1 aromatic carbocycles. The lowest BCUT2D eigenvalue weighted by Gasteiger charge is -2.30. The highest BCUT2D eigenvalue weighted by molar-refractivity contribution is 5.95. The molecule has 0 aliphatic carbocycles. The Hall–Kier alpha value is -2.36. The van der Waals surface area contributed by atoms with Crippen molar-refractivity contribution in [3.63, 3.8) is 0 Å². The van der Waals surface area contributed by atoms with Gasteiger partial charge in [-0.05, 0) is 57.0 Å². The maximum Gasteiger partial charge on any atom is 0.254 e. The molecule has 1 heterocycles. The number of aryl methyl sites for hydroxylation is 1. The lowest BCUT2D eigenvalue weighted by atomic mass is 10.0. The lowest BCUT2D eigenvalue weighted by Crippen LogP contribution is -2.42. The molecule has 0 saturated carbocycles. The van der Waals surface area contributed by atoms with Crippen molar-refractivity contribution < 1.29 is 4.79 Å². The normalized spacial score (nSPS) is 11.1. The molecule has 0 radical (unpaired) electrons. The third kappa shape index (κ3) is 3.70. The Balaban J connectivity index is 2.30. The molecule has 122 valence electrons. The molecule has 0 N–H and O–H groups in total. The van der Waals surface area contributed by atoms with E-state index in [0.717, 1.165) is 11.1 Å². The second-order valence-electron chi connectivity index (χ2n) is 6.34. The fourth-order valence-electron chi connectivity index (χ4n) is 2.78. The summed E-state index contributed by atoms with van der Waals surface area (Å²) in [7, 11) is 1.73. The number of benzene rings is 1. The van der Waals surface area contributed by atoms with E-state index in [-0.39, 0.29) is 23.6 Å². The summed E-state index contributed by atoms with van der Waals surface area (Å²) in [5.74, 6) is 0.0435. The molecular formula is C19H24N2O2. The first-order chi connectivity index (χ1) is 10.8. The van der Waals surface area contributed by atoms with Crippen molar-refractivity contribution in [2.45, 2.75) is 39.8 Å². The molecule has 2 rings (SSSR count). The summed E-state index contributed by atoms with van der Waals surface area (Å²) in [5, 5.41) is 0. The first kappa shape index (κ1) is 17.0. The Labute approximate surface area is 137 Å². The second kappa shape index (κ2) is 6.82. The molecule has 0 fully saturated rings. The van der Waals surface area contributed by atoms with Gasteiger partial charge in [0.1, 0.15) is 0 Å². The predicted octanol–water partition coefficient (Wildman–Crippen LogP) is 3.31. The number of hydrogen-bond donors (Lipinski definition) is 0. The molecule has 0 atom stereocenters. The van der Waals surface area contributed by atoms with Crippen LogP contribution in [0.2, 0.25) is 0 Å².